The molecule has 1 aliphatic carbocycles. The maximum Gasteiger partial charge on any atom is 0.340 e. The molecule has 1 N–H and O–H groups in total. The summed E-state index contributed by atoms with van der Waals surface area (Å²) in [5.74, 6) is -1.23. The quantitative estimate of drug-likeness (QED) is 0.817. The van der Waals surface area contributed by atoms with Gasteiger partial charge in [0.25, 0.3) is 5.91 Å². The lowest BCUT2D eigenvalue weighted by atomic mass is 9.83. The molecule has 5 nitrogen and oxygen atoms in total. The van der Waals surface area contributed by atoms with Crippen LogP contribution in [0.4, 0.5) is 0 Å². The molecule has 1 aliphatic rings. The second-order valence-corrected chi connectivity index (χ2v) is 6.76. The second kappa shape index (κ2) is 7.87. The molecule has 0 aliphatic heterocycles. The van der Waals surface area contributed by atoms with Gasteiger partial charge in [0.2, 0.25) is 0 Å². The molecular weight excluding hydrogens is 351 g/mol. The van der Waals surface area contributed by atoms with E-state index in [4.69, 9.17) is 27.9 Å². The van der Waals surface area contributed by atoms with Crippen molar-refractivity contribution in [3.63, 3.8) is 0 Å². The molecule has 7 heteroatoms. The highest BCUT2D eigenvalue weighted by molar-refractivity contribution is 6.35. The Morgan fingerprint density at radius 1 is 1.29 bits per heavy atom. The summed E-state index contributed by atoms with van der Waals surface area (Å²) in [7, 11) is 0. The molecule has 2 rings (SSSR count). The van der Waals surface area contributed by atoms with Crippen molar-refractivity contribution in [2.24, 2.45) is 0 Å². The number of carbonyl (C=O) groups is 2. The lowest BCUT2D eigenvalue weighted by Gasteiger charge is -2.32. The van der Waals surface area contributed by atoms with Crippen molar-refractivity contribution in [2.45, 2.75) is 50.7 Å². The molecule has 128 valence electrons. The molecule has 0 bridgehead atoms. The number of nitrogens with one attached hydrogen (secondary N) is 1. The van der Waals surface area contributed by atoms with Gasteiger partial charge >= 0.3 is 5.97 Å². The van der Waals surface area contributed by atoms with Gasteiger partial charge in [-0.25, -0.2) is 4.79 Å². The smallest absolute Gasteiger partial charge is 0.340 e. The van der Waals surface area contributed by atoms with Crippen LogP contribution in [0.1, 0.15) is 49.4 Å². The van der Waals surface area contributed by atoms with Crippen molar-refractivity contribution in [1.82, 2.24) is 5.32 Å². The third-order valence-corrected chi connectivity index (χ3v) is 4.65. The largest absolute Gasteiger partial charge is 0.449 e. The van der Waals surface area contributed by atoms with E-state index in [0.717, 1.165) is 19.3 Å². The van der Waals surface area contributed by atoms with E-state index in [1.54, 1.807) is 6.07 Å². The van der Waals surface area contributed by atoms with E-state index in [-0.39, 0.29) is 10.6 Å². The zero-order chi connectivity index (χ0) is 17.7. The Bertz CT molecular complexity index is 679. The summed E-state index contributed by atoms with van der Waals surface area (Å²) in [4.78, 5) is 24.5. The van der Waals surface area contributed by atoms with Crippen LogP contribution >= 0.6 is 23.2 Å². The lowest BCUT2D eigenvalue weighted by molar-refractivity contribution is -0.130. The molecule has 0 radical (unpaired) electrons. The maximum atomic E-state index is 12.3. The normalized spacial score (nSPS) is 17.4. The van der Waals surface area contributed by atoms with E-state index in [0.29, 0.717) is 17.9 Å². The SMILES string of the molecule is C[C@H](OC(=O)c1cc(Cl)ccc1Cl)C(=O)NC1(C#N)CCCCC1. The summed E-state index contributed by atoms with van der Waals surface area (Å²) in [5.41, 5.74) is -0.777. The van der Waals surface area contributed by atoms with Gasteiger partial charge in [0.1, 0.15) is 5.54 Å². The Labute approximate surface area is 150 Å². The second-order valence-electron chi connectivity index (χ2n) is 5.92. The van der Waals surface area contributed by atoms with E-state index in [9.17, 15) is 14.9 Å². The van der Waals surface area contributed by atoms with Crippen molar-refractivity contribution < 1.29 is 14.3 Å². The van der Waals surface area contributed by atoms with Gasteiger partial charge in [-0.05, 0) is 38.0 Å². The van der Waals surface area contributed by atoms with Crippen LogP contribution in [0.2, 0.25) is 10.0 Å². The Kier molecular flexibility index (Phi) is 6.09. The number of amides is 1. The van der Waals surface area contributed by atoms with Crippen molar-refractivity contribution in [3.8, 4) is 6.07 Å². The topological polar surface area (TPSA) is 79.2 Å². The third-order valence-electron chi connectivity index (χ3n) is 4.08. The fourth-order valence-corrected chi connectivity index (χ4v) is 3.06. The number of nitrogens with zero attached hydrogens (tertiary/aromatic N) is 1. The van der Waals surface area contributed by atoms with Gasteiger partial charge in [0.05, 0.1) is 16.7 Å². The summed E-state index contributed by atoms with van der Waals surface area (Å²) < 4.78 is 5.16. The molecule has 0 spiro atoms. The van der Waals surface area contributed by atoms with Crippen LogP contribution in [0.25, 0.3) is 0 Å². The highest BCUT2D eigenvalue weighted by Gasteiger charge is 2.35. The van der Waals surface area contributed by atoms with Crippen molar-refractivity contribution in [1.29, 1.82) is 5.26 Å². The van der Waals surface area contributed by atoms with Gasteiger partial charge in [-0.15, -0.1) is 0 Å². The van der Waals surface area contributed by atoms with E-state index < -0.39 is 23.5 Å². The van der Waals surface area contributed by atoms with Crippen LogP contribution in [0.3, 0.4) is 0 Å². The number of halogens is 2. The molecule has 24 heavy (non-hydrogen) atoms. The van der Waals surface area contributed by atoms with Crippen molar-refractivity contribution in [2.75, 3.05) is 0 Å². The molecule has 1 amide bonds. The zero-order valence-corrected chi connectivity index (χ0v) is 14.8. The minimum Gasteiger partial charge on any atom is -0.449 e. The number of hydrogen-bond donors (Lipinski definition) is 1. The Morgan fingerprint density at radius 2 is 1.96 bits per heavy atom. The highest BCUT2D eigenvalue weighted by atomic mass is 35.5. The molecule has 1 fully saturated rings. The van der Waals surface area contributed by atoms with Gasteiger partial charge in [-0.2, -0.15) is 5.26 Å². The molecule has 1 atom stereocenters. The van der Waals surface area contributed by atoms with Gasteiger partial charge in [0.15, 0.2) is 6.10 Å². The van der Waals surface area contributed by atoms with Gasteiger partial charge in [-0.1, -0.05) is 42.5 Å². The number of esters is 1. The predicted octanol–water partition coefficient (Wildman–Crippen LogP) is 3.88. The Morgan fingerprint density at radius 3 is 2.58 bits per heavy atom. The van der Waals surface area contributed by atoms with Gasteiger partial charge in [-0.3, -0.25) is 4.79 Å². The first-order valence-corrected chi connectivity index (χ1v) is 8.52. The van der Waals surface area contributed by atoms with Gasteiger partial charge < -0.3 is 10.1 Å². The first-order chi connectivity index (χ1) is 11.4. The third kappa shape index (κ3) is 4.40. The molecule has 0 aromatic heterocycles. The minimum absolute atomic E-state index is 0.0940. The van der Waals surface area contributed by atoms with Crippen LogP contribution in [0, 0.1) is 11.3 Å². The average Bonchev–Trinajstić information content (AvgIpc) is 2.57. The molecule has 1 aromatic carbocycles. The molecule has 0 heterocycles. The number of hydrogen-bond acceptors (Lipinski definition) is 4. The van der Waals surface area contributed by atoms with Crippen LogP contribution < -0.4 is 5.32 Å². The number of benzene rings is 1. The highest BCUT2D eigenvalue weighted by Crippen LogP contribution is 2.28. The Balaban J connectivity index is 2.02. The fraction of sp³-hybridized carbons (Fsp3) is 0.471. The van der Waals surface area contributed by atoms with E-state index in [2.05, 4.69) is 11.4 Å². The number of carbonyl (C=O) groups excluding carboxylic acids is 2. The monoisotopic (exact) mass is 368 g/mol. The molecular formula is C17H18Cl2N2O3. The van der Waals surface area contributed by atoms with Crippen molar-refractivity contribution >= 4 is 35.1 Å². The summed E-state index contributed by atoms with van der Waals surface area (Å²) in [6.07, 6.45) is 3.00. The first kappa shape index (κ1) is 18.6. The summed E-state index contributed by atoms with van der Waals surface area (Å²) >= 11 is 11.8. The molecule has 1 saturated carbocycles. The lowest BCUT2D eigenvalue weighted by Crippen LogP contribution is -2.52. The van der Waals surface area contributed by atoms with Crippen LogP contribution in [-0.4, -0.2) is 23.5 Å². The van der Waals surface area contributed by atoms with Crippen LogP contribution in [-0.2, 0) is 9.53 Å². The maximum absolute atomic E-state index is 12.3. The van der Waals surface area contributed by atoms with E-state index in [1.165, 1.54) is 19.1 Å². The molecule has 0 saturated heterocycles. The van der Waals surface area contributed by atoms with Crippen LogP contribution in [0.15, 0.2) is 18.2 Å². The zero-order valence-electron chi connectivity index (χ0n) is 13.3. The van der Waals surface area contributed by atoms with Crippen molar-refractivity contribution in [3.05, 3.63) is 33.8 Å². The summed E-state index contributed by atoms with van der Waals surface area (Å²) in [6, 6.07) is 6.61. The standard InChI is InChI=1S/C17H18Cl2N2O3/c1-11(15(22)21-17(10-20)7-3-2-4-8-17)24-16(23)13-9-12(18)5-6-14(13)19/h5-6,9,11H,2-4,7-8H2,1H3,(H,21,22)/t11-/m0/s1. The number of rotatable bonds is 4. The summed E-state index contributed by atoms with van der Waals surface area (Å²) in [5, 5.41) is 12.7. The van der Waals surface area contributed by atoms with Gasteiger partial charge in [0, 0.05) is 5.02 Å². The Hall–Kier alpha value is -1.77. The predicted molar refractivity (Wildman–Crippen MR) is 90.9 cm³/mol. The molecule has 0 unspecified atom stereocenters. The fourth-order valence-electron chi connectivity index (χ4n) is 2.69. The average molecular weight is 369 g/mol. The first-order valence-electron chi connectivity index (χ1n) is 7.76. The van der Waals surface area contributed by atoms with E-state index >= 15 is 0 Å². The van der Waals surface area contributed by atoms with Crippen LogP contribution in [0.5, 0.6) is 0 Å². The molecule has 1 aromatic rings. The minimum atomic E-state index is -1.04. The summed E-state index contributed by atoms with van der Waals surface area (Å²) in [6.45, 7) is 1.46. The number of nitriles is 1. The van der Waals surface area contributed by atoms with E-state index in [1.807, 2.05) is 0 Å². The number of ether oxygens (including phenoxy) is 1.